The number of carbonyl (C=O) groups excluding carboxylic acids is 4. The summed E-state index contributed by atoms with van der Waals surface area (Å²) in [4.78, 5) is 63.3. The predicted octanol–water partition coefficient (Wildman–Crippen LogP) is 5.65. The Morgan fingerprint density at radius 2 is 1.56 bits per heavy atom. The van der Waals surface area contributed by atoms with Crippen LogP contribution in [-0.4, -0.2) is 100 Å². The number of benzene rings is 3. The van der Waals surface area contributed by atoms with Gasteiger partial charge in [0.25, 0.3) is 11.8 Å². The van der Waals surface area contributed by atoms with Gasteiger partial charge in [0.1, 0.15) is 12.6 Å². The Bertz CT molecular complexity index is 1840. The first-order valence-corrected chi connectivity index (χ1v) is 18.6. The van der Waals surface area contributed by atoms with Crippen molar-refractivity contribution in [2.45, 2.75) is 75.0 Å². The monoisotopic (exact) mass is 743 g/mol. The molecule has 4 atom stereocenters. The minimum Gasteiger partial charge on any atom is -0.447 e. The number of nitrogens with one attached hydrogen (secondary N) is 1. The molecule has 4 fully saturated rings. The van der Waals surface area contributed by atoms with Crippen LogP contribution in [0.1, 0.15) is 60.4 Å². The van der Waals surface area contributed by atoms with Crippen molar-refractivity contribution in [3.05, 3.63) is 113 Å². The van der Waals surface area contributed by atoms with Crippen LogP contribution >= 0.6 is 0 Å². The van der Waals surface area contributed by atoms with E-state index in [-0.39, 0.29) is 18.7 Å². The molecule has 0 saturated carbocycles. The first kappa shape index (κ1) is 37.2. The van der Waals surface area contributed by atoms with Gasteiger partial charge in [0, 0.05) is 25.7 Å². The summed E-state index contributed by atoms with van der Waals surface area (Å²) >= 11 is 0. The summed E-state index contributed by atoms with van der Waals surface area (Å²) in [6.45, 7) is 2.54. The molecule has 0 radical (unpaired) electrons. The van der Waals surface area contributed by atoms with Crippen LogP contribution in [0.2, 0.25) is 0 Å². The zero-order valence-corrected chi connectivity index (χ0v) is 29.9. The highest BCUT2D eigenvalue weighted by atomic mass is 19.4. The molecule has 0 bridgehead atoms. The minimum absolute atomic E-state index is 0.0214. The van der Waals surface area contributed by atoms with Gasteiger partial charge in [0.05, 0.1) is 17.6 Å². The van der Waals surface area contributed by atoms with Crippen molar-refractivity contribution in [3.63, 3.8) is 0 Å². The van der Waals surface area contributed by atoms with Gasteiger partial charge in [-0.05, 0) is 67.6 Å². The maximum atomic E-state index is 14.6. The molecule has 4 heterocycles. The van der Waals surface area contributed by atoms with Crippen LogP contribution in [-0.2, 0) is 31.8 Å². The predicted molar refractivity (Wildman–Crippen MR) is 194 cm³/mol. The molecule has 7 rings (SSSR count). The summed E-state index contributed by atoms with van der Waals surface area (Å²) in [5.41, 5.74) is 0.889. The van der Waals surface area contributed by atoms with E-state index >= 15 is 0 Å². The zero-order chi connectivity index (χ0) is 37.8. The van der Waals surface area contributed by atoms with Crippen molar-refractivity contribution >= 4 is 29.9 Å². The second kappa shape index (κ2) is 16.1. The number of cyclic esters (lactones) is 1. The van der Waals surface area contributed by atoms with Crippen LogP contribution in [0.25, 0.3) is 6.08 Å². The second-order valence-electron chi connectivity index (χ2n) is 14.3. The molecule has 4 aliphatic rings. The molecular formula is C41H44F3N5O5. The SMILES string of the molecule is O=C(NCc1cccc(C(F)(F)F)c1)C(C(=O)N1CCC(N2CCCCC2)CC1)N1C(=O)C(N2C(=O)OC[C@@H]2c2ccccc2)[C@H]1/C=C/c1ccccc1. The number of β-lactam (4-membered cyclic amide) rings is 1. The Balaban J connectivity index is 1.20. The van der Waals surface area contributed by atoms with Gasteiger partial charge >= 0.3 is 12.3 Å². The van der Waals surface area contributed by atoms with Crippen LogP contribution in [0.15, 0.2) is 91.0 Å². The molecule has 1 N–H and O–H groups in total. The number of carbonyl (C=O) groups is 4. The Morgan fingerprint density at radius 1 is 0.870 bits per heavy atom. The highest BCUT2D eigenvalue weighted by Crippen LogP contribution is 2.39. The molecule has 13 heteroatoms. The molecule has 284 valence electrons. The van der Waals surface area contributed by atoms with Gasteiger partial charge in [-0.1, -0.05) is 91.4 Å². The summed E-state index contributed by atoms with van der Waals surface area (Å²) in [5.74, 6) is -1.99. The van der Waals surface area contributed by atoms with E-state index < -0.39 is 59.7 Å². The topological polar surface area (TPSA) is 103 Å². The van der Waals surface area contributed by atoms with Gasteiger partial charge in [-0.3, -0.25) is 19.3 Å². The highest BCUT2D eigenvalue weighted by molar-refractivity contribution is 6.09. The smallest absolute Gasteiger partial charge is 0.416 e. The van der Waals surface area contributed by atoms with Gasteiger partial charge < -0.3 is 24.8 Å². The van der Waals surface area contributed by atoms with Crippen LogP contribution in [0.4, 0.5) is 18.0 Å². The fraction of sp³-hybridized carbons (Fsp3) is 0.415. The standard InChI is InChI=1S/C41H44F3N5O5/c42-41(43,44)31-16-10-13-29(25-31)26-45-37(50)36(38(51)47-23-19-32(20-24-47)46-21-8-3-9-22-46)48-33(18-17-28-11-4-1-5-12-28)35(39(48)52)49-34(27-54-40(49)53)30-14-6-2-7-15-30/h1-2,4-7,10-18,25,32-36H,3,8-9,19-24,26-27H2,(H,45,50)/b18-17+/t33-,34-,35?,36?/m1/s1. The molecule has 0 spiro atoms. The van der Waals surface area contributed by atoms with E-state index in [0.717, 1.165) is 62.0 Å². The lowest BCUT2D eigenvalue weighted by molar-refractivity contribution is -0.169. The number of rotatable bonds is 10. The lowest BCUT2D eigenvalue weighted by Crippen LogP contribution is -2.76. The molecule has 0 aromatic heterocycles. The van der Waals surface area contributed by atoms with Gasteiger partial charge in [-0.15, -0.1) is 0 Å². The number of hydrogen-bond acceptors (Lipinski definition) is 6. The molecule has 4 amide bonds. The van der Waals surface area contributed by atoms with E-state index in [1.807, 2.05) is 60.7 Å². The van der Waals surface area contributed by atoms with Crippen LogP contribution in [0.3, 0.4) is 0 Å². The number of likely N-dealkylation sites (tertiary alicyclic amines) is 3. The quantitative estimate of drug-likeness (QED) is 0.213. The van der Waals surface area contributed by atoms with Gasteiger partial charge in [-0.2, -0.15) is 13.2 Å². The summed E-state index contributed by atoms with van der Waals surface area (Å²) in [5, 5.41) is 2.66. The molecule has 2 unspecified atom stereocenters. The van der Waals surface area contributed by atoms with Crippen molar-refractivity contribution in [2.75, 3.05) is 32.8 Å². The van der Waals surface area contributed by atoms with Crippen LogP contribution in [0.5, 0.6) is 0 Å². The normalized spacial score (nSPS) is 23.3. The third kappa shape index (κ3) is 7.87. The number of nitrogens with zero attached hydrogens (tertiary/aromatic N) is 4. The number of piperidine rings is 2. The molecule has 4 aliphatic heterocycles. The average Bonchev–Trinajstić information content (AvgIpc) is 3.57. The van der Waals surface area contributed by atoms with E-state index in [4.69, 9.17) is 4.74 Å². The van der Waals surface area contributed by atoms with Crippen molar-refractivity contribution < 1.29 is 37.1 Å². The third-order valence-corrected chi connectivity index (χ3v) is 11.0. The van der Waals surface area contributed by atoms with E-state index in [1.165, 1.54) is 28.4 Å². The zero-order valence-electron chi connectivity index (χ0n) is 29.9. The molecular weight excluding hydrogens is 699 g/mol. The van der Waals surface area contributed by atoms with E-state index in [0.29, 0.717) is 19.1 Å². The summed E-state index contributed by atoms with van der Waals surface area (Å²) < 4.78 is 46.0. The summed E-state index contributed by atoms with van der Waals surface area (Å²) in [6.07, 6.45) is 3.16. The van der Waals surface area contributed by atoms with Gasteiger partial charge in [0.2, 0.25) is 5.91 Å². The summed E-state index contributed by atoms with van der Waals surface area (Å²) in [7, 11) is 0. The Kier molecular flexibility index (Phi) is 11.0. The highest BCUT2D eigenvalue weighted by Gasteiger charge is 2.60. The number of hydrogen-bond donors (Lipinski definition) is 1. The average molecular weight is 744 g/mol. The van der Waals surface area contributed by atoms with E-state index in [2.05, 4.69) is 10.2 Å². The molecule has 3 aromatic rings. The van der Waals surface area contributed by atoms with Crippen LogP contribution in [0, 0.1) is 0 Å². The second-order valence-corrected chi connectivity index (χ2v) is 14.3. The minimum atomic E-state index is -4.58. The van der Waals surface area contributed by atoms with Crippen molar-refractivity contribution in [1.29, 1.82) is 0 Å². The van der Waals surface area contributed by atoms with E-state index in [1.54, 1.807) is 17.1 Å². The molecule has 0 aliphatic carbocycles. The maximum absolute atomic E-state index is 14.6. The molecule has 10 nitrogen and oxygen atoms in total. The van der Waals surface area contributed by atoms with Crippen LogP contribution < -0.4 is 5.32 Å². The Labute approximate surface area is 312 Å². The number of amides is 4. The third-order valence-electron chi connectivity index (χ3n) is 11.0. The number of ether oxygens (including phenoxy) is 1. The fourth-order valence-electron chi connectivity index (χ4n) is 8.15. The van der Waals surface area contributed by atoms with Crippen molar-refractivity contribution in [1.82, 2.24) is 24.9 Å². The number of alkyl halides is 3. The van der Waals surface area contributed by atoms with Crippen molar-refractivity contribution in [3.8, 4) is 0 Å². The number of halogens is 3. The van der Waals surface area contributed by atoms with E-state index in [9.17, 15) is 32.3 Å². The maximum Gasteiger partial charge on any atom is 0.416 e. The largest absolute Gasteiger partial charge is 0.447 e. The summed E-state index contributed by atoms with van der Waals surface area (Å²) in [6, 6.07) is 19.2. The Hall–Kier alpha value is -5.17. The fourth-order valence-corrected chi connectivity index (χ4v) is 8.15. The molecule has 3 aromatic carbocycles. The first-order chi connectivity index (χ1) is 26.1. The van der Waals surface area contributed by atoms with Crippen molar-refractivity contribution in [2.24, 2.45) is 0 Å². The molecule has 4 saturated heterocycles. The van der Waals surface area contributed by atoms with Gasteiger partial charge in [-0.25, -0.2) is 4.79 Å². The Morgan fingerprint density at radius 3 is 2.24 bits per heavy atom. The lowest BCUT2D eigenvalue weighted by Gasteiger charge is -2.52. The first-order valence-electron chi connectivity index (χ1n) is 18.6. The molecule has 54 heavy (non-hydrogen) atoms. The van der Waals surface area contributed by atoms with Gasteiger partial charge in [0.15, 0.2) is 6.04 Å². The lowest BCUT2D eigenvalue weighted by atomic mass is 9.87.